The third kappa shape index (κ3) is 4.70. The van der Waals surface area contributed by atoms with Crippen molar-refractivity contribution in [3.8, 4) is 11.4 Å². The predicted octanol–water partition coefficient (Wildman–Crippen LogP) is 5.48. The topological polar surface area (TPSA) is 63.9 Å². The third-order valence-corrected chi connectivity index (χ3v) is 6.79. The summed E-state index contributed by atoms with van der Waals surface area (Å²) in [5, 5.41) is 12.2. The van der Waals surface area contributed by atoms with Gasteiger partial charge in [-0.2, -0.15) is 0 Å². The third-order valence-electron chi connectivity index (χ3n) is 4.86. The highest BCUT2D eigenvalue weighted by Crippen LogP contribution is 2.31. The van der Waals surface area contributed by atoms with Crippen LogP contribution in [0.4, 0.5) is 10.8 Å². The molecule has 2 aromatic carbocycles. The van der Waals surface area contributed by atoms with Gasteiger partial charge in [-0.3, -0.25) is 9.69 Å². The van der Waals surface area contributed by atoms with E-state index in [1.165, 1.54) is 16.9 Å². The van der Waals surface area contributed by atoms with Gasteiger partial charge in [-0.1, -0.05) is 61.2 Å². The number of rotatable bonds is 7. The second-order valence-corrected chi connectivity index (χ2v) is 8.79. The Morgan fingerprint density at radius 2 is 1.84 bits per heavy atom. The average Bonchev–Trinajstić information content (AvgIpc) is 3.40. The molecule has 2 heterocycles. The minimum atomic E-state index is -0.0568. The number of carbonyl (C=O) groups excluding carboxylic acids is 1. The molecular weight excluding hydrogens is 426 g/mol. The van der Waals surface area contributed by atoms with Gasteiger partial charge in [-0.25, -0.2) is 4.98 Å². The molecule has 2 aromatic heterocycles. The van der Waals surface area contributed by atoms with Crippen LogP contribution in [0.2, 0.25) is 0 Å². The maximum atomic E-state index is 12.3. The zero-order chi connectivity index (χ0) is 21.8. The molecule has 0 aliphatic rings. The lowest BCUT2D eigenvalue weighted by Crippen LogP contribution is -2.22. The van der Waals surface area contributed by atoms with E-state index in [1.807, 2.05) is 71.6 Å². The Morgan fingerprint density at radius 3 is 2.52 bits per heavy atom. The summed E-state index contributed by atoms with van der Waals surface area (Å²) in [4.78, 5) is 18.7. The van der Waals surface area contributed by atoms with E-state index in [1.54, 1.807) is 23.6 Å². The van der Waals surface area contributed by atoms with Crippen molar-refractivity contribution in [1.29, 1.82) is 0 Å². The molecular formula is C23H23N5OS2. The molecule has 8 heteroatoms. The van der Waals surface area contributed by atoms with E-state index in [0.717, 1.165) is 34.3 Å². The monoisotopic (exact) mass is 449 g/mol. The van der Waals surface area contributed by atoms with Crippen molar-refractivity contribution in [3.05, 3.63) is 71.2 Å². The highest BCUT2D eigenvalue weighted by atomic mass is 32.2. The molecule has 6 nitrogen and oxygen atoms in total. The van der Waals surface area contributed by atoms with Gasteiger partial charge < -0.3 is 4.57 Å². The molecule has 4 aromatic rings. The molecule has 0 N–H and O–H groups in total. The Balaban J connectivity index is 1.48. The fourth-order valence-electron chi connectivity index (χ4n) is 3.19. The normalized spacial score (nSPS) is 10.9. The Bertz CT molecular complexity index is 1170. The molecule has 0 fully saturated rings. The zero-order valence-electron chi connectivity index (χ0n) is 17.6. The number of thiazole rings is 1. The van der Waals surface area contributed by atoms with Crippen LogP contribution >= 0.6 is 23.1 Å². The predicted molar refractivity (Wildman–Crippen MR) is 127 cm³/mol. The molecule has 0 aliphatic heterocycles. The van der Waals surface area contributed by atoms with E-state index >= 15 is 0 Å². The summed E-state index contributed by atoms with van der Waals surface area (Å²) in [6, 6.07) is 18.1. The van der Waals surface area contributed by atoms with E-state index in [9.17, 15) is 4.79 Å². The summed E-state index contributed by atoms with van der Waals surface area (Å²) in [6.07, 6.45) is 0.965. The van der Waals surface area contributed by atoms with Crippen LogP contribution in [-0.2, 0) is 24.0 Å². The van der Waals surface area contributed by atoms with Gasteiger partial charge >= 0.3 is 0 Å². The van der Waals surface area contributed by atoms with E-state index in [4.69, 9.17) is 4.98 Å². The fraction of sp³-hybridized carbons (Fsp3) is 0.217. The number of hydrogen-bond acceptors (Lipinski definition) is 6. The van der Waals surface area contributed by atoms with Gasteiger partial charge in [-0.05, 0) is 24.1 Å². The fourth-order valence-corrected chi connectivity index (χ4v) is 4.99. The minimum Gasteiger partial charge on any atom is -0.305 e. The molecule has 1 amide bonds. The molecule has 0 spiro atoms. The van der Waals surface area contributed by atoms with Crippen molar-refractivity contribution < 1.29 is 4.79 Å². The lowest BCUT2D eigenvalue weighted by atomic mass is 10.1. The Hall–Kier alpha value is -2.97. The second-order valence-electron chi connectivity index (χ2n) is 7.02. The van der Waals surface area contributed by atoms with Crippen LogP contribution in [-0.4, -0.2) is 25.7 Å². The number of thioether (sulfide) groups is 1. The molecule has 31 heavy (non-hydrogen) atoms. The first-order valence-electron chi connectivity index (χ1n) is 9.98. The highest BCUT2D eigenvalue weighted by Gasteiger charge is 2.18. The van der Waals surface area contributed by atoms with Crippen molar-refractivity contribution in [3.63, 3.8) is 0 Å². The maximum Gasteiger partial charge on any atom is 0.230 e. The van der Waals surface area contributed by atoms with Crippen LogP contribution in [0.3, 0.4) is 0 Å². The van der Waals surface area contributed by atoms with Crippen LogP contribution in [0.5, 0.6) is 0 Å². The Kier molecular flexibility index (Phi) is 6.48. The zero-order valence-corrected chi connectivity index (χ0v) is 19.3. The Morgan fingerprint density at radius 1 is 1.10 bits per heavy atom. The van der Waals surface area contributed by atoms with Crippen LogP contribution in [0, 0.1) is 0 Å². The molecule has 4 rings (SSSR count). The summed E-state index contributed by atoms with van der Waals surface area (Å²) >= 11 is 3.05. The van der Waals surface area contributed by atoms with Crippen LogP contribution in [0.1, 0.15) is 25.1 Å². The summed E-state index contributed by atoms with van der Waals surface area (Å²) in [7, 11) is 1.97. The SMILES string of the molecule is CCc1ccc(N(C(C)=O)c2nc(CSc3nnc(-c4ccccc4)n3C)cs2)cc1. The smallest absolute Gasteiger partial charge is 0.230 e. The highest BCUT2D eigenvalue weighted by molar-refractivity contribution is 7.98. The van der Waals surface area contributed by atoms with Crippen LogP contribution in [0.25, 0.3) is 11.4 Å². The van der Waals surface area contributed by atoms with E-state index in [0.29, 0.717) is 10.9 Å². The van der Waals surface area contributed by atoms with Crippen molar-refractivity contribution in [2.45, 2.75) is 31.2 Å². The molecule has 0 aliphatic carbocycles. The number of benzene rings is 2. The van der Waals surface area contributed by atoms with Crippen molar-refractivity contribution in [1.82, 2.24) is 19.7 Å². The molecule has 0 radical (unpaired) electrons. The van der Waals surface area contributed by atoms with Gasteiger partial charge in [0.05, 0.1) is 11.4 Å². The van der Waals surface area contributed by atoms with Gasteiger partial charge in [0.2, 0.25) is 5.91 Å². The molecule has 0 atom stereocenters. The number of nitrogens with zero attached hydrogens (tertiary/aromatic N) is 5. The molecule has 0 saturated heterocycles. The van der Waals surface area contributed by atoms with E-state index in [-0.39, 0.29) is 5.91 Å². The van der Waals surface area contributed by atoms with E-state index in [2.05, 4.69) is 17.1 Å². The first-order valence-corrected chi connectivity index (χ1v) is 11.8. The van der Waals surface area contributed by atoms with Crippen molar-refractivity contribution in [2.75, 3.05) is 4.90 Å². The summed E-state index contributed by atoms with van der Waals surface area (Å²) in [6.45, 7) is 3.68. The number of anilines is 2. The first kappa shape index (κ1) is 21.3. The lowest BCUT2D eigenvalue weighted by molar-refractivity contribution is -0.115. The molecule has 0 saturated carbocycles. The molecule has 0 bridgehead atoms. The van der Waals surface area contributed by atoms with Crippen molar-refractivity contribution in [2.24, 2.45) is 7.05 Å². The number of aryl methyl sites for hydroxylation is 1. The number of carbonyl (C=O) groups is 1. The maximum absolute atomic E-state index is 12.3. The molecule has 0 unspecified atom stereocenters. The standard InChI is InChI=1S/C23H23N5OS2/c1-4-17-10-12-20(13-11-17)28(16(2)29)22-24-19(14-30-22)15-31-23-26-25-21(27(23)3)18-8-6-5-7-9-18/h5-14H,4,15H2,1-3H3. The summed E-state index contributed by atoms with van der Waals surface area (Å²) in [5.41, 5.74) is 4.01. The van der Waals surface area contributed by atoms with Crippen LogP contribution < -0.4 is 4.90 Å². The second kappa shape index (κ2) is 9.45. The quantitative estimate of drug-likeness (QED) is 0.350. The average molecular weight is 450 g/mol. The van der Waals surface area contributed by atoms with Gasteiger partial charge in [0, 0.05) is 30.7 Å². The number of amides is 1. The van der Waals surface area contributed by atoms with Gasteiger partial charge in [0.25, 0.3) is 0 Å². The van der Waals surface area contributed by atoms with Crippen molar-refractivity contribution >= 4 is 39.8 Å². The van der Waals surface area contributed by atoms with E-state index < -0.39 is 0 Å². The molecule has 158 valence electrons. The number of aromatic nitrogens is 4. The van der Waals surface area contributed by atoms with Crippen LogP contribution in [0.15, 0.2) is 65.1 Å². The number of hydrogen-bond donors (Lipinski definition) is 0. The van der Waals surface area contributed by atoms with Gasteiger partial charge in [0.15, 0.2) is 16.1 Å². The van der Waals surface area contributed by atoms with Gasteiger partial charge in [0.1, 0.15) is 0 Å². The first-order chi connectivity index (χ1) is 15.1. The Labute approximate surface area is 190 Å². The minimum absolute atomic E-state index is 0.0568. The van der Waals surface area contributed by atoms with Gasteiger partial charge in [-0.15, -0.1) is 21.5 Å². The summed E-state index contributed by atoms with van der Waals surface area (Å²) < 4.78 is 1.99. The largest absolute Gasteiger partial charge is 0.305 e. The lowest BCUT2D eigenvalue weighted by Gasteiger charge is -2.18. The summed E-state index contributed by atoms with van der Waals surface area (Å²) in [5.74, 6) is 1.43.